The van der Waals surface area contributed by atoms with Crippen LogP contribution < -0.4 is 0 Å². The fourth-order valence-corrected chi connectivity index (χ4v) is 1.21. The summed E-state index contributed by atoms with van der Waals surface area (Å²) in [5.41, 5.74) is 0.887. The van der Waals surface area contributed by atoms with Crippen molar-refractivity contribution in [2.45, 2.75) is 19.1 Å². The Bertz CT molecular complexity index is 291. The van der Waals surface area contributed by atoms with E-state index in [0.29, 0.717) is 6.61 Å². The Morgan fingerprint density at radius 1 is 1.69 bits per heavy atom. The highest BCUT2D eigenvalue weighted by Gasteiger charge is 2.47. The topological polar surface area (TPSA) is 52.0 Å². The van der Waals surface area contributed by atoms with E-state index in [0.717, 1.165) is 5.56 Å². The summed E-state index contributed by atoms with van der Waals surface area (Å²) >= 11 is 0. The number of rotatable bonds is 3. The number of carbonyl (C=O) groups is 1. The Hall–Kier alpha value is -1.29. The van der Waals surface area contributed by atoms with E-state index in [1.807, 2.05) is 0 Å². The molecule has 0 aromatic carbocycles. The van der Waals surface area contributed by atoms with Crippen LogP contribution in [0.2, 0.25) is 0 Å². The van der Waals surface area contributed by atoms with Crippen molar-refractivity contribution in [3.63, 3.8) is 0 Å². The summed E-state index contributed by atoms with van der Waals surface area (Å²) in [5.74, 6) is -0.297. The molecular weight excluding hydrogens is 172 g/mol. The first kappa shape index (κ1) is 8.31. The van der Waals surface area contributed by atoms with Crippen LogP contribution in [0.4, 0.5) is 0 Å². The fourth-order valence-electron chi connectivity index (χ4n) is 1.21. The van der Waals surface area contributed by atoms with Gasteiger partial charge in [-0.15, -0.1) is 0 Å². The zero-order valence-corrected chi connectivity index (χ0v) is 7.23. The molecule has 1 aliphatic rings. The molecule has 2 rings (SSSR count). The number of furan rings is 1. The van der Waals surface area contributed by atoms with E-state index in [9.17, 15) is 4.79 Å². The normalized spacial score (nSPS) is 25.6. The molecule has 1 aromatic heterocycles. The van der Waals surface area contributed by atoms with Crippen LogP contribution in [0.15, 0.2) is 23.0 Å². The molecule has 70 valence electrons. The van der Waals surface area contributed by atoms with Gasteiger partial charge in [0.15, 0.2) is 6.10 Å². The molecular formula is C9H10O4. The molecule has 0 unspecified atom stereocenters. The van der Waals surface area contributed by atoms with Gasteiger partial charge in [-0.3, -0.25) is 0 Å². The van der Waals surface area contributed by atoms with Crippen molar-refractivity contribution in [3.05, 3.63) is 24.2 Å². The lowest BCUT2D eigenvalue weighted by atomic mass is 10.2. The molecule has 13 heavy (non-hydrogen) atoms. The Balaban J connectivity index is 1.92. The Kier molecular flexibility index (Phi) is 2.06. The summed E-state index contributed by atoms with van der Waals surface area (Å²) in [4.78, 5) is 11.1. The van der Waals surface area contributed by atoms with Crippen molar-refractivity contribution >= 4 is 5.97 Å². The number of ether oxygens (including phenoxy) is 2. The van der Waals surface area contributed by atoms with Crippen molar-refractivity contribution in [2.24, 2.45) is 0 Å². The minimum Gasteiger partial charge on any atom is -0.472 e. The van der Waals surface area contributed by atoms with Crippen LogP contribution in [-0.2, 0) is 14.3 Å². The third kappa shape index (κ3) is 1.58. The maximum absolute atomic E-state index is 11.1. The summed E-state index contributed by atoms with van der Waals surface area (Å²) in [6, 6.07) is 1.78. The van der Waals surface area contributed by atoms with Gasteiger partial charge in [-0.05, 0) is 13.0 Å². The van der Waals surface area contributed by atoms with Crippen LogP contribution in [0.1, 0.15) is 18.6 Å². The average molecular weight is 182 g/mol. The van der Waals surface area contributed by atoms with Crippen molar-refractivity contribution < 1.29 is 18.7 Å². The average Bonchev–Trinajstić information content (AvgIpc) is 2.74. The molecule has 0 aliphatic carbocycles. The highest BCUT2D eigenvalue weighted by molar-refractivity contribution is 5.78. The van der Waals surface area contributed by atoms with Gasteiger partial charge in [-0.2, -0.15) is 0 Å². The minimum absolute atomic E-state index is 0.169. The molecule has 4 heteroatoms. The second kappa shape index (κ2) is 3.22. The molecule has 2 atom stereocenters. The number of hydrogen-bond acceptors (Lipinski definition) is 4. The fraction of sp³-hybridized carbons (Fsp3) is 0.444. The van der Waals surface area contributed by atoms with E-state index >= 15 is 0 Å². The van der Waals surface area contributed by atoms with Gasteiger partial charge >= 0.3 is 5.97 Å². The molecule has 1 aromatic rings. The van der Waals surface area contributed by atoms with Gasteiger partial charge in [0.05, 0.1) is 19.1 Å². The van der Waals surface area contributed by atoms with Crippen LogP contribution in [0.25, 0.3) is 0 Å². The zero-order chi connectivity index (χ0) is 9.26. The maximum Gasteiger partial charge on any atom is 0.338 e. The van der Waals surface area contributed by atoms with Gasteiger partial charge in [0.1, 0.15) is 6.10 Å². The molecule has 1 saturated heterocycles. The van der Waals surface area contributed by atoms with Crippen LogP contribution in [0.3, 0.4) is 0 Å². The lowest BCUT2D eigenvalue weighted by molar-refractivity contribution is -0.144. The number of carbonyl (C=O) groups excluding carboxylic acids is 1. The first-order chi connectivity index (χ1) is 6.33. The smallest absolute Gasteiger partial charge is 0.338 e. The predicted octanol–water partition coefficient (Wildman–Crippen LogP) is 1.28. The van der Waals surface area contributed by atoms with Crippen LogP contribution >= 0.6 is 0 Å². The van der Waals surface area contributed by atoms with Gasteiger partial charge in [0.2, 0.25) is 0 Å². The summed E-state index contributed by atoms with van der Waals surface area (Å²) in [7, 11) is 0. The zero-order valence-electron chi connectivity index (χ0n) is 7.23. The highest BCUT2D eigenvalue weighted by atomic mass is 16.6. The van der Waals surface area contributed by atoms with E-state index in [4.69, 9.17) is 13.9 Å². The predicted molar refractivity (Wildman–Crippen MR) is 43.0 cm³/mol. The van der Waals surface area contributed by atoms with Gasteiger partial charge in [-0.25, -0.2) is 4.79 Å². The Labute approximate surface area is 75.4 Å². The number of hydrogen-bond donors (Lipinski definition) is 0. The molecule has 0 spiro atoms. The van der Waals surface area contributed by atoms with Crippen LogP contribution in [0, 0.1) is 0 Å². The van der Waals surface area contributed by atoms with E-state index in [2.05, 4.69) is 0 Å². The molecule has 1 fully saturated rings. The molecule has 0 N–H and O–H groups in total. The molecule has 0 radical (unpaired) electrons. The highest BCUT2D eigenvalue weighted by Crippen LogP contribution is 2.39. The molecule has 4 nitrogen and oxygen atoms in total. The van der Waals surface area contributed by atoms with E-state index < -0.39 is 6.10 Å². The SMILES string of the molecule is CCOC(=O)[C@@H]1O[C@H]1c1ccoc1. The third-order valence-corrected chi connectivity index (χ3v) is 1.88. The Morgan fingerprint density at radius 3 is 3.15 bits per heavy atom. The van der Waals surface area contributed by atoms with Gasteiger partial charge in [0, 0.05) is 5.56 Å². The molecule has 0 saturated carbocycles. The number of esters is 1. The molecule has 0 bridgehead atoms. The number of epoxide rings is 1. The van der Waals surface area contributed by atoms with Crippen molar-refractivity contribution in [1.29, 1.82) is 0 Å². The van der Waals surface area contributed by atoms with E-state index in [1.165, 1.54) is 0 Å². The first-order valence-corrected chi connectivity index (χ1v) is 4.17. The Morgan fingerprint density at radius 2 is 2.54 bits per heavy atom. The summed E-state index contributed by atoms with van der Waals surface area (Å²) in [6.07, 6.45) is 2.53. The standard InChI is InChI=1S/C9H10O4/c1-2-12-9(10)8-7(13-8)6-3-4-11-5-6/h3-5,7-8H,2H2,1H3/t7-,8+/m0/s1. The van der Waals surface area contributed by atoms with Crippen molar-refractivity contribution in [1.82, 2.24) is 0 Å². The van der Waals surface area contributed by atoms with Crippen LogP contribution in [-0.4, -0.2) is 18.7 Å². The summed E-state index contributed by atoms with van der Waals surface area (Å²) < 4.78 is 14.8. The third-order valence-electron chi connectivity index (χ3n) is 1.88. The van der Waals surface area contributed by atoms with Crippen molar-refractivity contribution in [2.75, 3.05) is 6.61 Å². The monoisotopic (exact) mass is 182 g/mol. The minimum atomic E-state index is -0.433. The second-order valence-electron chi connectivity index (χ2n) is 2.79. The lowest BCUT2D eigenvalue weighted by Gasteiger charge is -1.95. The second-order valence-corrected chi connectivity index (χ2v) is 2.79. The summed E-state index contributed by atoms with van der Waals surface area (Å²) in [5, 5.41) is 0. The maximum atomic E-state index is 11.1. The van der Waals surface area contributed by atoms with E-state index in [1.54, 1.807) is 25.5 Å². The van der Waals surface area contributed by atoms with Crippen LogP contribution in [0.5, 0.6) is 0 Å². The molecule has 2 heterocycles. The molecule has 1 aliphatic heterocycles. The van der Waals surface area contributed by atoms with Gasteiger partial charge in [0.25, 0.3) is 0 Å². The summed E-state index contributed by atoms with van der Waals surface area (Å²) in [6.45, 7) is 2.16. The largest absolute Gasteiger partial charge is 0.472 e. The van der Waals surface area contributed by atoms with E-state index in [-0.39, 0.29) is 12.1 Å². The van der Waals surface area contributed by atoms with Gasteiger partial charge < -0.3 is 13.9 Å². The van der Waals surface area contributed by atoms with Crippen molar-refractivity contribution in [3.8, 4) is 0 Å². The molecule has 0 amide bonds. The lowest BCUT2D eigenvalue weighted by Crippen LogP contribution is -2.11. The van der Waals surface area contributed by atoms with Gasteiger partial charge in [-0.1, -0.05) is 0 Å². The first-order valence-electron chi connectivity index (χ1n) is 4.17. The quantitative estimate of drug-likeness (QED) is 0.522.